The second-order valence-electron chi connectivity index (χ2n) is 16.6. The van der Waals surface area contributed by atoms with Gasteiger partial charge in [0.1, 0.15) is 19.3 Å². The molecule has 68 heavy (non-hydrogen) atoms. The van der Waals surface area contributed by atoms with Gasteiger partial charge in [0, 0.05) is 42.6 Å². The van der Waals surface area contributed by atoms with Crippen LogP contribution in [0, 0.1) is 17.8 Å². The largest absolute Gasteiger partial charge is 0.493 e. The Morgan fingerprint density at radius 3 is 2.19 bits per heavy atom. The highest BCUT2D eigenvalue weighted by atomic mass is 16.6. The quantitative estimate of drug-likeness (QED) is 0.0517. The molecule has 1 unspecified atom stereocenters. The highest BCUT2D eigenvalue weighted by molar-refractivity contribution is 6.14. The highest BCUT2D eigenvalue weighted by Gasteiger charge is 2.42. The monoisotopic (exact) mass is 928 g/mol. The second-order valence-corrected chi connectivity index (χ2v) is 16.6. The third kappa shape index (κ3) is 13.1. The van der Waals surface area contributed by atoms with Gasteiger partial charge in [0.2, 0.25) is 17.7 Å². The van der Waals surface area contributed by atoms with Gasteiger partial charge in [-0.25, -0.2) is 4.79 Å². The molecule has 4 aromatic rings. The first-order valence-corrected chi connectivity index (χ1v) is 22.3. The molecule has 0 fully saturated rings. The van der Waals surface area contributed by atoms with Crippen LogP contribution in [0.25, 0.3) is 0 Å². The van der Waals surface area contributed by atoms with Gasteiger partial charge in [0.15, 0.2) is 17.5 Å². The van der Waals surface area contributed by atoms with Gasteiger partial charge in [0.05, 0.1) is 38.1 Å². The zero-order chi connectivity index (χ0) is 48.7. The lowest BCUT2D eigenvalue weighted by Crippen LogP contribution is -2.52. The maximum absolute atomic E-state index is 14.4. The molecule has 2 heterocycles. The summed E-state index contributed by atoms with van der Waals surface area (Å²) in [4.78, 5) is 94.9. The number of unbranched alkanes of at least 4 members (excludes halogenated alkanes) is 1. The first kappa shape index (κ1) is 49.6. The molecule has 2 aliphatic heterocycles. The van der Waals surface area contributed by atoms with Crippen LogP contribution in [0.15, 0.2) is 91.0 Å². The predicted molar refractivity (Wildman–Crippen MR) is 253 cm³/mol. The lowest BCUT2D eigenvalue weighted by atomic mass is 10.1. The van der Waals surface area contributed by atoms with E-state index in [4.69, 9.17) is 19.9 Å². The SMILES string of the molecule is COC(=O)CCCCC(=O)NC(C#CC(C)C)C(=O)N[C@@H](CCC(N)=O)C(=O)Nc1ccc(COC(=O)N2C[C@@H]3Cc4ccccc4N3C(=O)c3cc(OC)c(OCc4ccccc4)cc32)cc1. The van der Waals surface area contributed by atoms with Crippen molar-refractivity contribution in [2.75, 3.05) is 35.9 Å². The van der Waals surface area contributed by atoms with E-state index in [1.165, 1.54) is 19.1 Å². The molecule has 0 saturated carbocycles. The molecule has 17 nitrogen and oxygen atoms in total. The lowest BCUT2D eigenvalue weighted by Gasteiger charge is -2.26. The van der Waals surface area contributed by atoms with Gasteiger partial charge in [-0.15, -0.1) is 0 Å². The number of carbonyl (C=O) groups excluding carboxylic acids is 7. The number of carbonyl (C=O) groups is 7. The van der Waals surface area contributed by atoms with Crippen molar-refractivity contribution in [3.8, 4) is 23.3 Å². The Morgan fingerprint density at radius 2 is 1.49 bits per heavy atom. The molecule has 0 bridgehead atoms. The fourth-order valence-electron chi connectivity index (χ4n) is 7.70. The number of fused-ring (bicyclic) bond motifs is 4. The van der Waals surface area contributed by atoms with Crippen LogP contribution in [0.5, 0.6) is 11.5 Å². The smallest absolute Gasteiger partial charge is 0.414 e. The number of nitrogens with two attached hydrogens (primary N) is 1. The van der Waals surface area contributed by atoms with Crippen molar-refractivity contribution in [1.82, 2.24) is 10.6 Å². The molecule has 5 N–H and O–H groups in total. The van der Waals surface area contributed by atoms with Crippen molar-refractivity contribution in [3.63, 3.8) is 0 Å². The predicted octanol–water partition coefficient (Wildman–Crippen LogP) is 5.57. The Bertz CT molecular complexity index is 2550. The van der Waals surface area contributed by atoms with E-state index >= 15 is 0 Å². The average molecular weight is 929 g/mol. The van der Waals surface area contributed by atoms with Gasteiger partial charge in [-0.2, -0.15) is 0 Å². The minimum atomic E-state index is -1.31. The van der Waals surface area contributed by atoms with Crippen LogP contribution >= 0.6 is 0 Å². The van der Waals surface area contributed by atoms with E-state index in [1.807, 2.05) is 68.4 Å². The van der Waals surface area contributed by atoms with Gasteiger partial charge in [-0.1, -0.05) is 86.4 Å². The van der Waals surface area contributed by atoms with E-state index in [0.717, 1.165) is 16.8 Å². The van der Waals surface area contributed by atoms with Crippen LogP contribution in [0.4, 0.5) is 21.9 Å². The summed E-state index contributed by atoms with van der Waals surface area (Å²) >= 11 is 0. The molecule has 0 saturated heterocycles. The van der Waals surface area contributed by atoms with Crippen LogP contribution in [-0.4, -0.2) is 80.5 Å². The van der Waals surface area contributed by atoms with E-state index in [9.17, 15) is 33.6 Å². The van der Waals surface area contributed by atoms with Crippen LogP contribution in [0.2, 0.25) is 0 Å². The van der Waals surface area contributed by atoms with Gasteiger partial charge in [-0.05, 0) is 66.6 Å². The molecule has 6 rings (SSSR count). The Morgan fingerprint density at radius 1 is 0.779 bits per heavy atom. The molecule has 2 aliphatic rings. The first-order chi connectivity index (χ1) is 32.7. The van der Waals surface area contributed by atoms with Gasteiger partial charge in [0.25, 0.3) is 11.8 Å². The number of hydrogen-bond acceptors (Lipinski definition) is 11. The highest BCUT2D eigenvalue weighted by Crippen LogP contribution is 2.43. The van der Waals surface area contributed by atoms with Crippen molar-refractivity contribution in [1.29, 1.82) is 0 Å². The molecule has 0 radical (unpaired) electrons. The summed E-state index contributed by atoms with van der Waals surface area (Å²) in [5.74, 6) is 2.87. The zero-order valence-corrected chi connectivity index (χ0v) is 38.5. The number of para-hydroxylation sites is 1. The Hall–Kier alpha value is -7.87. The number of anilines is 3. The summed E-state index contributed by atoms with van der Waals surface area (Å²) in [6.07, 6.45) is 0.395. The maximum Gasteiger partial charge on any atom is 0.414 e. The summed E-state index contributed by atoms with van der Waals surface area (Å²) < 4.78 is 22.4. The maximum atomic E-state index is 14.4. The van der Waals surface area contributed by atoms with Crippen LogP contribution in [0.3, 0.4) is 0 Å². The number of rotatable bonds is 19. The Labute approximate surface area is 395 Å². The number of amides is 6. The molecule has 3 atom stereocenters. The van der Waals surface area contributed by atoms with E-state index in [2.05, 4.69) is 32.5 Å². The van der Waals surface area contributed by atoms with E-state index in [0.29, 0.717) is 47.7 Å². The summed E-state index contributed by atoms with van der Waals surface area (Å²) in [7, 11) is 2.77. The molecule has 356 valence electrons. The zero-order valence-electron chi connectivity index (χ0n) is 38.5. The number of methoxy groups -OCH3 is 2. The van der Waals surface area contributed by atoms with Crippen LogP contribution in [-0.2, 0) is 53.1 Å². The van der Waals surface area contributed by atoms with E-state index in [-0.39, 0.29) is 68.9 Å². The van der Waals surface area contributed by atoms with E-state index in [1.54, 1.807) is 41.3 Å². The number of ether oxygens (including phenoxy) is 4. The minimum absolute atomic E-state index is 0.0219. The lowest BCUT2D eigenvalue weighted by molar-refractivity contribution is -0.141. The normalized spacial score (nSPS) is 14.4. The number of hydrogen-bond donors (Lipinski definition) is 4. The Kier molecular flexibility index (Phi) is 17.2. The summed E-state index contributed by atoms with van der Waals surface area (Å²) in [6.45, 7) is 3.80. The van der Waals surface area contributed by atoms with Crippen LogP contribution in [0.1, 0.15) is 79.4 Å². The van der Waals surface area contributed by atoms with Crippen molar-refractivity contribution in [2.24, 2.45) is 11.7 Å². The standard InChI is InChI=1S/C51H56N6O11/c1-32(2)18-23-39(54-46(59)16-10-11-17-47(60)66-4)49(62)55-40(24-25-45(52)58)48(61)53-36-21-19-34(20-22-36)31-68-51(64)56-29-37-26-35-14-8-9-15-41(35)57(37)50(63)38-27-43(65-3)44(28-42(38)56)67-30-33-12-6-5-7-13-33/h5-9,12-15,19-22,27-28,32,37,39-40H,10-11,16-17,24-26,29-31H2,1-4H3,(H2,52,58)(H,53,61)(H,54,59)(H,55,62)/t37-,39?,40-/m0/s1. The van der Waals surface area contributed by atoms with Gasteiger partial charge < -0.3 is 45.5 Å². The molecule has 0 aliphatic carbocycles. The Balaban J connectivity index is 1.14. The van der Waals surface area contributed by atoms with Crippen molar-refractivity contribution < 1.29 is 52.5 Å². The first-order valence-electron chi connectivity index (χ1n) is 22.3. The average Bonchev–Trinajstić information content (AvgIpc) is 3.66. The van der Waals surface area contributed by atoms with E-state index < -0.39 is 47.8 Å². The number of nitrogens with one attached hydrogen (secondary N) is 3. The summed E-state index contributed by atoms with van der Waals surface area (Å²) in [6, 6.07) is 23.9. The fraction of sp³-hybridized carbons (Fsp3) is 0.353. The summed E-state index contributed by atoms with van der Waals surface area (Å²) in [5.41, 5.74) is 9.52. The van der Waals surface area contributed by atoms with Crippen molar-refractivity contribution in [3.05, 3.63) is 113 Å². The number of benzene rings is 4. The molecule has 0 spiro atoms. The number of nitrogens with zero attached hydrogens (tertiary/aromatic N) is 2. The van der Waals surface area contributed by atoms with Crippen LogP contribution < -0.4 is 41.0 Å². The molecule has 4 aromatic carbocycles. The topological polar surface area (TPSA) is 225 Å². The summed E-state index contributed by atoms with van der Waals surface area (Å²) in [5, 5.41) is 7.93. The fourth-order valence-corrected chi connectivity index (χ4v) is 7.70. The van der Waals surface area contributed by atoms with Gasteiger partial charge in [-0.3, -0.25) is 33.7 Å². The molecule has 6 amide bonds. The number of esters is 1. The van der Waals surface area contributed by atoms with Crippen molar-refractivity contribution in [2.45, 2.75) is 90.1 Å². The molecule has 0 aromatic heterocycles. The second kappa shape index (κ2) is 23.5. The van der Waals surface area contributed by atoms with Gasteiger partial charge >= 0.3 is 12.1 Å². The molecule has 17 heteroatoms. The molecular formula is C51H56N6O11. The third-order valence-electron chi connectivity index (χ3n) is 11.2. The van der Waals surface area contributed by atoms with Crippen molar-refractivity contribution >= 4 is 58.7 Å². The molecular weight excluding hydrogens is 873 g/mol. The minimum Gasteiger partial charge on any atom is -0.493 e. The number of primary amides is 1. The third-order valence-corrected chi connectivity index (χ3v) is 11.2.